The van der Waals surface area contributed by atoms with Crippen molar-refractivity contribution in [3.05, 3.63) is 24.4 Å². The SMILES string of the molecule is FC(F)Sc1ccccn1.O.O. The van der Waals surface area contributed by atoms with Crippen LogP contribution in [0.25, 0.3) is 0 Å². The average molecular weight is 197 g/mol. The molecule has 0 aliphatic carbocycles. The number of alkyl halides is 2. The lowest BCUT2D eigenvalue weighted by molar-refractivity contribution is 0.252. The van der Waals surface area contributed by atoms with Crippen LogP contribution in [-0.2, 0) is 0 Å². The van der Waals surface area contributed by atoms with Crippen LogP contribution in [0.3, 0.4) is 0 Å². The van der Waals surface area contributed by atoms with Crippen LogP contribution in [-0.4, -0.2) is 21.7 Å². The number of hydrogen-bond donors (Lipinski definition) is 0. The molecule has 1 heterocycles. The molecule has 0 aliphatic rings. The van der Waals surface area contributed by atoms with E-state index in [0.717, 1.165) is 0 Å². The summed E-state index contributed by atoms with van der Waals surface area (Å²) in [6.07, 6.45) is 1.49. The molecule has 4 N–H and O–H groups in total. The molecular weight excluding hydrogens is 188 g/mol. The first kappa shape index (κ1) is 13.8. The van der Waals surface area contributed by atoms with Gasteiger partial charge in [-0.3, -0.25) is 0 Å². The highest BCUT2D eigenvalue weighted by Crippen LogP contribution is 2.21. The highest BCUT2D eigenvalue weighted by Gasteiger charge is 2.03. The van der Waals surface area contributed by atoms with E-state index in [4.69, 9.17) is 0 Å². The zero-order valence-electron chi connectivity index (χ0n) is 6.00. The lowest BCUT2D eigenvalue weighted by atomic mass is 10.5. The second kappa shape index (κ2) is 6.96. The molecule has 6 heteroatoms. The summed E-state index contributed by atoms with van der Waals surface area (Å²) >= 11 is 0.454. The Hall–Kier alpha value is -0.720. The molecule has 0 aliphatic heterocycles. The fourth-order valence-corrected chi connectivity index (χ4v) is 0.969. The standard InChI is InChI=1S/C6H5F2NS.2H2O/c7-6(8)10-5-3-1-2-4-9-5;;/h1-4,6H;2*1H2. The second-order valence-corrected chi connectivity index (χ2v) is 2.56. The molecule has 1 rings (SSSR count). The highest BCUT2D eigenvalue weighted by atomic mass is 32.2. The summed E-state index contributed by atoms with van der Waals surface area (Å²) in [7, 11) is 0. The van der Waals surface area contributed by atoms with Gasteiger partial charge in [-0.25, -0.2) is 4.98 Å². The van der Waals surface area contributed by atoms with Crippen molar-refractivity contribution >= 4 is 11.8 Å². The Labute approximate surface area is 72.4 Å². The minimum Gasteiger partial charge on any atom is -0.412 e. The van der Waals surface area contributed by atoms with E-state index in [0.29, 0.717) is 16.8 Å². The van der Waals surface area contributed by atoms with E-state index in [2.05, 4.69) is 4.98 Å². The molecule has 12 heavy (non-hydrogen) atoms. The topological polar surface area (TPSA) is 75.9 Å². The number of thioether (sulfide) groups is 1. The second-order valence-electron chi connectivity index (χ2n) is 1.55. The van der Waals surface area contributed by atoms with E-state index in [1.807, 2.05) is 0 Å². The monoisotopic (exact) mass is 197 g/mol. The van der Waals surface area contributed by atoms with Crippen LogP contribution in [0.1, 0.15) is 0 Å². The van der Waals surface area contributed by atoms with Gasteiger partial charge in [0.2, 0.25) is 0 Å². The van der Waals surface area contributed by atoms with E-state index >= 15 is 0 Å². The van der Waals surface area contributed by atoms with Crippen molar-refractivity contribution < 1.29 is 19.7 Å². The lowest BCUT2D eigenvalue weighted by Crippen LogP contribution is -1.83. The summed E-state index contributed by atoms with van der Waals surface area (Å²) in [5, 5.41) is 0.359. The molecule has 0 aromatic carbocycles. The van der Waals surface area contributed by atoms with Crippen LogP contribution in [0.15, 0.2) is 29.4 Å². The van der Waals surface area contributed by atoms with Gasteiger partial charge in [-0.2, -0.15) is 8.78 Å². The first-order valence-electron chi connectivity index (χ1n) is 2.65. The predicted octanol–water partition coefficient (Wildman–Crippen LogP) is 0.747. The smallest absolute Gasteiger partial charge is 0.290 e. The van der Waals surface area contributed by atoms with Crippen molar-refractivity contribution in [2.75, 3.05) is 0 Å². The van der Waals surface area contributed by atoms with Gasteiger partial charge in [0.1, 0.15) is 5.03 Å². The van der Waals surface area contributed by atoms with Gasteiger partial charge in [-0.15, -0.1) is 0 Å². The third-order valence-corrected chi connectivity index (χ3v) is 1.51. The molecular formula is C6H9F2NO2S. The van der Waals surface area contributed by atoms with Crippen LogP contribution < -0.4 is 0 Å². The quantitative estimate of drug-likeness (QED) is 0.656. The maximum atomic E-state index is 11.6. The lowest BCUT2D eigenvalue weighted by Gasteiger charge is -1.95. The Morgan fingerprint density at radius 3 is 2.33 bits per heavy atom. The predicted molar refractivity (Wildman–Crippen MR) is 43.3 cm³/mol. The van der Waals surface area contributed by atoms with E-state index in [1.54, 1.807) is 18.2 Å². The largest absolute Gasteiger partial charge is 0.412 e. The highest BCUT2D eigenvalue weighted by molar-refractivity contribution is 7.99. The first-order chi connectivity index (χ1) is 4.79. The zero-order valence-corrected chi connectivity index (χ0v) is 6.81. The molecule has 0 saturated carbocycles. The maximum Gasteiger partial charge on any atom is 0.290 e. The first-order valence-corrected chi connectivity index (χ1v) is 3.53. The molecule has 3 nitrogen and oxygen atoms in total. The Morgan fingerprint density at radius 1 is 1.25 bits per heavy atom. The number of pyridine rings is 1. The summed E-state index contributed by atoms with van der Waals surface area (Å²) in [6, 6.07) is 4.92. The fourth-order valence-electron chi connectivity index (χ4n) is 0.508. The molecule has 0 saturated heterocycles. The van der Waals surface area contributed by atoms with Crippen LogP contribution in [0.2, 0.25) is 0 Å². The third-order valence-electron chi connectivity index (χ3n) is 0.848. The molecule has 1 aromatic rings. The Kier molecular flexibility index (Phi) is 8.03. The molecule has 0 spiro atoms. The van der Waals surface area contributed by atoms with E-state index in [9.17, 15) is 8.78 Å². The minimum absolute atomic E-state index is 0. The number of halogens is 2. The number of rotatable bonds is 2. The van der Waals surface area contributed by atoms with Gasteiger partial charge >= 0.3 is 0 Å². The molecule has 0 bridgehead atoms. The molecule has 0 unspecified atom stereocenters. The van der Waals surface area contributed by atoms with Gasteiger partial charge in [-0.1, -0.05) is 6.07 Å². The Bertz CT molecular complexity index is 198. The van der Waals surface area contributed by atoms with Gasteiger partial charge in [-0.05, 0) is 23.9 Å². The fraction of sp³-hybridized carbons (Fsp3) is 0.167. The van der Waals surface area contributed by atoms with Crippen molar-refractivity contribution in [2.45, 2.75) is 10.8 Å². The van der Waals surface area contributed by atoms with Crippen molar-refractivity contribution in [3.8, 4) is 0 Å². The number of nitrogens with zero attached hydrogens (tertiary/aromatic N) is 1. The van der Waals surface area contributed by atoms with Gasteiger partial charge in [0.05, 0.1) is 0 Å². The molecule has 0 radical (unpaired) electrons. The summed E-state index contributed by atoms with van der Waals surface area (Å²) in [4.78, 5) is 3.70. The van der Waals surface area contributed by atoms with Crippen molar-refractivity contribution in [1.82, 2.24) is 4.98 Å². The molecule has 0 amide bonds. The summed E-state index contributed by atoms with van der Waals surface area (Å²) < 4.78 is 23.3. The zero-order chi connectivity index (χ0) is 7.40. The van der Waals surface area contributed by atoms with Gasteiger partial charge in [0.15, 0.2) is 0 Å². The van der Waals surface area contributed by atoms with Crippen LogP contribution in [0.5, 0.6) is 0 Å². The normalized spacial score (nSPS) is 8.58. The van der Waals surface area contributed by atoms with E-state index in [-0.39, 0.29) is 11.0 Å². The van der Waals surface area contributed by atoms with Crippen LogP contribution >= 0.6 is 11.8 Å². The van der Waals surface area contributed by atoms with Crippen molar-refractivity contribution in [3.63, 3.8) is 0 Å². The Morgan fingerprint density at radius 2 is 1.92 bits per heavy atom. The molecule has 70 valence electrons. The maximum absolute atomic E-state index is 11.6. The van der Waals surface area contributed by atoms with Crippen molar-refractivity contribution in [2.24, 2.45) is 0 Å². The summed E-state index contributed by atoms with van der Waals surface area (Å²) in [5.41, 5.74) is 0. The van der Waals surface area contributed by atoms with E-state index in [1.165, 1.54) is 6.20 Å². The van der Waals surface area contributed by atoms with Crippen molar-refractivity contribution in [1.29, 1.82) is 0 Å². The minimum atomic E-state index is -2.38. The number of aromatic nitrogens is 1. The van der Waals surface area contributed by atoms with Crippen LogP contribution in [0, 0.1) is 0 Å². The number of hydrogen-bond acceptors (Lipinski definition) is 2. The molecule has 1 aromatic heterocycles. The molecule has 0 fully saturated rings. The van der Waals surface area contributed by atoms with E-state index < -0.39 is 5.76 Å². The molecule has 0 atom stereocenters. The average Bonchev–Trinajstić information content (AvgIpc) is 1.88. The van der Waals surface area contributed by atoms with Crippen LogP contribution in [0.4, 0.5) is 8.78 Å². The Balaban J connectivity index is 0. The van der Waals surface area contributed by atoms with Gasteiger partial charge in [0, 0.05) is 6.20 Å². The summed E-state index contributed by atoms with van der Waals surface area (Å²) in [5.74, 6) is -2.38. The van der Waals surface area contributed by atoms with Gasteiger partial charge < -0.3 is 11.0 Å². The third kappa shape index (κ3) is 5.00. The summed E-state index contributed by atoms with van der Waals surface area (Å²) in [6.45, 7) is 0. The van der Waals surface area contributed by atoms with Gasteiger partial charge in [0.25, 0.3) is 5.76 Å².